The SMILES string of the molecule is Cc1cc(C)c(C2C(=O)CC(CCNC(=O)c3ccccc3)C2=O)c(C)c1. The number of hydrogen-bond acceptors (Lipinski definition) is 3. The van der Waals surface area contributed by atoms with Crippen LogP contribution in [0.1, 0.15) is 51.4 Å². The molecule has 0 spiro atoms. The zero-order chi connectivity index (χ0) is 19.6. The van der Waals surface area contributed by atoms with Gasteiger partial charge in [0.2, 0.25) is 0 Å². The molecule has 0 aliphatic heterocycles. The van der Waals surface area contributed by atoms with Crippen molar-refractivity contribution in [1.29, 1.82) is 0 Å². The second kappa shape index (κ2) is 7.87. The standard InChI is InChI=1S/C23H25NO3/c1-14-11-15(2)20(16(3)12-14)21-19(25)13-18(22(21)26)9-10-24-23(27)17-7-5-4-6-8-17/h4-8,11-12,18,21H,9-10,13H2,1-3H3,(H,24,27). The highest BCUT2D eigenvalue weighted by atomic mass is 16.2. The summed E-state index contributed by atoms with van der Waals surface area (Å²) in [5.74, 6) is -1.15. The van der Waals surface area contributed by atoms with E-state index in [-0.39, 0.29) is 29.8 Å². The average Bonchev–Trinajstić information content (AvgIpc) is 2.89. The van der Waals surface area contributed by atoms with Gasteiger partial charge in [-0.2, -0.15) is 0 Å². The molecule has 0 saturated heterocycles. The first-order valence-electron chi connectivity index (χ1n) is 9.36. The van der Waals surface area contributed by atoms with Crippen molar-refractivity contribution in [3.8, 4) is 0 Å². The minimum absolute atomic E-state index is 0.00515. The molecule has 0 bridgehead atoms. The van der Waals surface area contributed by atoms with Gasteiger partial charge in [-0.3, -0.25) is 14.4 Å². The molecule has 27 heavy (non-hydrogen) atoms. The lowest BCUT2D eigenvalue weighted by Gasteiger charge is -2.16. The number of nitrogens with one attached hydrogen (secondary N) is 1. The lowest BCUT2D eigenvalue weighted by Crippen LogP contribution is -2.27. The van der Waals surface area contributed by atoms with Crippen LogP contribution in [0, 0.1) is 26.7 Å². The minimum Gasteiger partial charge on any atom is -0.352 e. The van der Waals surface area contributed by atoms with Gasteiger partial charge in [0, 0.05) is 24.4 Å². The van der Waals surface area contributed by atoms with Crippen LogP contribution >= 0.6 is 0 Å². The molecule has 2 atom stereocenters. The Labute approximate surface area is 160 Å². The van der Waals surface area contributed by atoms with Crippen LogP contribution in [0.4, 0.5) is 0 Å². The molecule has 2 aromatic carbocycles. The molecule has 4 heteroatoms. The third-order valence-corrected chi connectivity index (χ3v) is 5.30. The highest BCUT2D eigenvalue weighted by molar-refractivity contribution is 6.15. The van der Waals surface area contributed by atoms with Gasteiger partial charge in [-0.25, -0.2) is 0 Å². The Morgan fingerprint density at radius 2 is 1.67 bits per heavy atom. The lowest BCUT2D eigenvalue weighted by molar-refractivity contribution is -0.124. The predicted octanol–water partition coefficient (Wildman–Crippen LogP) is 3.67. The molecule has 3 rings (SSSR count). The van der Waals surface area contributed by atoms with Gasteiger partial charge in [0.15, 0.2) is 5.78 Å². The summed E-state index contributed by atoms with van der Waals surface area (Å²) >= 11 is 0. The van der Waals surface area contributed by atoms with Crippen LogP contribution in [-0.4, -0.2) is 24.0 Å². The summed E-state index contributed by atoms with van der Waals surface area (Å²) in [4.78, 5) is 37.6. The van der Waals surface area contributed by atoms with Crippen LogP contribution in [0.3, 0.4) is 0 Å². The second-order valence-corrected chi connectivity index (χ2v) is 7.43. The maximum absolute atomic E-state index is 12.9. The van der Waals surface area contributed by atoms with Gasteiger partial charge in [0.1, 0.15) is 11.7 Å². The van der Waals surface area contributed by atoms with Gasteiger partial charge >= 0.3 is 0 Å². The number of amides is 1. The number of carbonyl (C=O) groups is 3. The quantitative estimate of drug-likeness (QED) is 0.825. The minimum atomic E-state index is -0.652. The molecule has 1 aliphatic rings. The molecule has 1 amide bonds. The van der Waals surface area contributed by atoms with E-state index in [1.54, 1.807) is 12.1 Å². The van der Waals surface area contributed by atoms with Crippen molar-refractivity contribution in [1.82, 2.24) is 5.32 Å². The summed E-state index contributed by atoms with van der Waals surface area (Å²) < 4.78 is 0. The Balaban J connectivity index is 1.66. The highest BCUT2D eigenvalue weighted by Gasteiger charge is 2.42. The molecule has 0 heterocycles. The number of ketones is 2. The van der Waals surface area contributed by atoms with E-state index < -0.39 is 5.92 Å². The molecule has 2 unspecified atom stereocenters. The first kappa shape index (κ1) is 19.0. The van der Waals surface area contributed by atoms with Gasteiger partial charge in [-0.15, -0.1) is 0 Å². The van der Waals surface area contributed by atoms with E-state index in [2.05, 4.69) is 5.32 Å². The summed E-state index contributed by atoms with van der Waals surface area (Å²) in [6.07, 6.45) is 0.751. The highest BCUT2D eigenvalue weighted by Crippen LogP contribution is 2.37. The van der Waals surface area contributed by atoms with Crippen LogP contribution in [0.15, 0.2) is 42.5 Å². The molecule has 140 valence electrons. The Morgan fingerprint density at radius 3 is 2.30 bits per heavy atom. The second-order valence-electron chi connectivity index (χ2n) is 7.43. The zero-order valence-electron chi connectivity index (χ0n) is 16.0. The van der Waals surface area contributed by atoms with E-state index in [4.69, 9.17) is 0 Å². The van der Waals surface area contributed by atoms with E-state index in [9.17, 15) is 14.4 Å². The van der Waals surface area contributed by atoms with Crippen molar-refractivity contribution in [2.24, 2.45) is 5.92 Å². The largest absolute Gasteiger partial charge is 0.352 e. The molecule has 1 saturated carbocycles. The maximum atomic E-state index is 12.9. The maximum Gasteiger partial charge on any atom is 0.251 e. The summed E-state index contributed by atoms with van der Waals surface area (Å²) in [7, 11) is 0. The van der Waals surface area contributed by atoms with Crippen LogP contribution in [-0.2, 0) is 9.59 Å². The molecular weight excluding hydrogens is 338 g/mol. The van der Waals surface area contributed by atoms with E-state index in [0.717, 1.165) is 22.3 Å². The number of benzene rings is 2. The number of Topliss-reactive ketones (excluding diaryl/α,β-unsaturated/α-hetero) is 2. The molecule has 4 nitrogen and oxygen atoms in total. The summed E-state index contributed by atoms with van der Waals surface area (Å²) in [6, 6.07) is 13.0. The first-order valence-corrected chi connectivity index (χ1v) is 9.36. The van der Waals surface area contributed by atoms with Gasteiger partial charge < -0.3 is 5.32 Å². The fourth-order valence-electron chi connectivity index (χ4n) is 4.10. The Hall–Kier alpha value is -2.75. The van der Waals surface area contributed by atoms with E-state index in [0.29, 0.717) is 18.5 Å². The fraction of sp³-hybridized carbons (Fsp3) is 0.348. The van der Waals surface area contributed by atoms with Crippen molar-refractivity contribution in [3.63, 3.8) is 0 Å². The Bertz CT molecular complexity index is 863. The summed E-state index contributed by atoms with van der Waals surface area (Å²) in [5, 5.41) is 2.84. The van der Waals surface area contributed by atoms with Crippen molar-refractivity contribution in [2.75, 3.05) is 6.54 Å². The van der Waals surface area contributed by atoms with Gasteiger partial charge in [0.05, 0.1) is 0 Å². The van der Waals surface area contributed by atoms with Crippen LogP contribution in [0.5, 0.6) is 0 Å². The van der Waals surface area contributed by atoms with Crippen LogP contribution in [0.2, 0.25) is 0 Å². The summed E-state index contributed by atoms with van der Waals surface area (Å²) in [6.45, 7) is 6.32. The van der Waals surface area contributed by atoms with Crippen LogP contribution < -0.4 is 5.32 Å². The van der Waals surface area contributed by atoms with Gasteiger partial charge in [-0.1, -0.05) is 35.9 Å². The van der Waals surface area contributed by atoms with E-state index in [1.165, 1.54) is 0 Å². The molecule has 0 aromatic heterocycles. The third-order valence-electron chi connectivity index (χ3n) is 5.30. The molecule has 0 radical (unpaired) electrons. The van der Waals surface area contributed by atoms with Crippen molar-refractivity contribution >= 4 is 17.5 Å². The normalized spacial score (nSPS) is 19.4. The number of rotatable bonds is 5. The van der Waals surface area contributed by atoms with E-state index in [1.807, 2.05) is 51.1 Å². The predicted molar refractivity (Wildman–Crippen MR) is 105 cm³/mol. The average molecular weight is 363 g/mol. The smallest absolute Gasteiger partial charge is 0.251 e. The zero-order valence-corrected chi connectivity index (χ0v) is 16.0. The molecule has 1 fully saturated rings. The van der Waals surface area contributed by atoms with Gasteiger partial charge in [0.25, 0.3) is 5.91 Å². The molecular formula is C23H25NO3. The molecule has 1 aliphatic carbocycles. The first-order chi connectivity index (χ1) is 12.9. The monoisotopic (exact) mass is 363 g/mol. The number of carbonyl (C=O) groups excluding carboxylic acids is 3. The molecule has 1 N–H and O–H groups in total. The Morgan fingerprint density at radius 1 is 1.04 bits per heavy atom. The van der Waals surface area contributed by atoms with Crippen molar-refractivity contribution in [2.45, 2.75) is 39.5 Å². The van der Waals surface area contributed by atoms with Crippen LogP contribution in [0.25, 0.3) is 0 Å². The van der Waals surface area contributed by atoms with Crippen molar-refractivity contribution < 1.29 is 14.4 Å². The number of hydrogen-bond donors (Lipinski definition) is 1. The number of aryl methyl sites for hydroxylation is 3. The van der Waals surface area contributed by atoms with E-state index >= 15 is 0 Å². The fourth-order valence-corrected chi connectivity index (χ4v) is 4.10. The Kier molecular flexibility index (Phi) is 5.54. The lowest BCUT2D eigenvalue weighted by atomic mass is 9.86. The third kappa shape index (κ3) is 4.00. The van der Waals surface area contributed by atoms with Crippen molar-refractivity contribution in [3.05, 3.63) is 70.3 Å². The topological polar surface area (TPSA) is 63.2 Å². The summed E-state index contributed by atoms with van der Waals surface area (Å²) in [5.41, 5.74) is 4.59. The molecule has 2 aromatic rings. The van der Waals surface area contributed by atoms with Gasteiger partial charge in [-0.05, 0) is 56.0 Å².